The first kappa shape index (κ1) is 19.7. The first-order chi connectivity index (χ1) is 14.6. The molecule has 1 unspecified atom stereocenters. The van der Waals surface area contributed by atoms with Crippen molar-refractivity contribution in [2.45, 2.75) is 64.5 Å². The van der Waals surface area contributed by atoms with Crippen molar-refractivity contribution >= 4 is 37.2 Å². The number of thiophene rings is 1. The van der Waals surface area contributed by atoms with Crippen LogP contribution in [0.15, 0.2) is 54.9 Å². The number of rotatable bonds is 5. The van der Waals surface area contributed by atoms with Crippen molar-refractivity contribution in [1.29, 1.82) is 0 Å². The van der Waals surface area contributed by atoms with Gasteiger partial charge in [0.15, 0.2) is 0 Å². The van der Waals surface area contributed by atoms with Crippen LogP contribution in [0.5, 0.6) is 0 Å². The summed E-state index contributed by atoms with van der Waals surface area (Å²) in [6.45, 7) is 11.6. The lowest BCUT2D eigenvalue weighted by molar-refractivity contribution is 0.324. The van der Waals surface area contributed by atoms with E-state index < -0.39 is 0 Å². The first-order valence-electron chi connectivity index (χ1n) is 11.4. The molecule has 0 saturated heterocycles. The first-order valence-corrected chi connectivity index (χ1v) is 12.2. The summed E-state index contributed by atoms with van der Waals surface area (Å²) in [5.41, 5.74) is 5.69. The van der Waals surface area contributed by atoms with Crippen LogP contribution in [-0.4, -0.2) is 18.1 Å². The van der Waals surface area contributed by atoms with E-state index in [1.54, 1.807) is 0 Å². The van der Waals surface area contributed by atoms with E-state index in [4.69, 9.17) is 0 Å². The Balaban J connectivity index is 1.79. The second kappa shape index (κ2) is 7.16. The van der Waals surface area contributed by atoms with Crippen LogP contribution in [0.3, 0.4) is 0 Å². The van der Waals surface area contributed by atoms with Crippen molar-refractivity contribution in [3.05, 3.63) is 66.0 Å². The number of anilines is 1. The van der Waals surface area contributed by atoms with E-state index >= 15 is 0 Å². The summed E-state index contributed by atoms with van der Waals surface area (Å²) in [5.74, 6) is 0. The van der Waals surface area contributed by atoms with Crippen LogP contribution in [0.1, 0.15) is 57.6 Å². The Labute approximate surface area is 184 Å². The van der Waals surface area contributed by atoms with Crippen molar-refractivity contribution < 1.29 is 0 Å². The number of aryl methyl sites for hydroxylation is 1. The van der Waals surface area contributed by atoms with E-state index in [2.05, 4.69) is 86.9 Å². The minimum atomic E-state index is 0.0351. The smallest absolute Gasteiger partial charge is 0.128 e. The monoisotopic (exact) mass is 416 g/mol. The van der Waals surface area contributed by atoms with E-state index in [-0.39, 0.29) is 11.6 Å². The molecule has 5 rings (SSSR count). The number of likely N-dealkylation sites (N-methyl/N-ethyl adjacent to an activating group) is 1. The average Bonchev–Trinajstić information content (AvgIpc) is 3.33. The Morgan fingerprint density at radius 2 is 1.83 bits per heavy atom. The van der Waals surface area contributed by atoms with Gasteiger partial charge in [-0.25, -0.2) is 0 Å². The zero-order valence-corrected chi connectivity index (χ0v) is 19.5. The van der Waals surface area contributed by atoms with Gasteiger partial charge in [-0.3, -0.25) is 0 Å². The molecule has 3 heterocycles. The number of hydrogen-bond donors (Lipinski definition) is 0. The van der Waals surface area contributed by atoms with Gasteiger partial charge in [-0.05, 0) is 54.5 Å². The summed E-state index contributed by atoms with van der Waals surface area (Å²) in [6, 6.07) is 11.9. The van der Waals surface area contributed by atoms with Crippen molar-refractivity contribution in [3.8, 4) is 0 Å². The highest BCUT2D eigenvalue weighted by atomic mass is 32.1. The summed E-state index contributed by atoms with van der Waals surface area (Å²) >= 11 is 1.96. The fourth-order valence-corrected chi connectivity index (χ4v) is 6.94. The standard InChI is InChI=1S/C27H32N2S/c1-6-9-10-19-11-14-23-21(17-19)20-12-13-22-24(25(20)30-23)29-16-15-28(5)26(29)18(4)27(22,7-2)8-3/h11-17,26H,4,6-10H2,1-3,5H3. The van der Waals surface area contributed by atoms with E-state index in [9.17, 15) is 0 Å². The molecule has 1 aromatic heterocycles. The number of nitrogens with zero attached hydrogens (tertiary/aromatic N) is 2. The van der Waals surface area contributed by atoms with Crippen molar-refractivity contribution in [3.63, 3.8) is 0 Å². The molecule has 1 atom stereocenters. The molecular formula is C27H32N2S. The van der Waals surface area contributed by atoms with E-state index in [0.29, 0.717) is 0 Å². The molecule has 0 saturated carbocycles. The van der Waals surface area contributed by atoms with Crippen LogP contribution >= 0.6 is 11.3 Å². The fourth-order valence-electron chi connectivity index (χ4n) is 5.70. The molecule has 0 radical (unpaired) electrons. The predicted molar refractivity (Wildman–Crippen MR) is 133 cm³/mol. The lowest BCUT2D eigenvalue weighted by atomic mass is 9.66. The van der Waals surface area contributed by atoms with Crippen LogP contribution < -0.4 is 4.90 Å². The third-order valence-corrected chi connectivity index (χ3v) is 8.71. The summed E-state index contributed by atoms with van der Waals surface area (Å²) in [6.07, 6.45) is 10.5. The van der Waals surface area contributed by atoms with Gasteiger partial charge in [0.25, 0.3) is 0 Å². The molecule has 0 amide bonds. The number of benzene rings is 2. The predicted octanol–water partition coefficient (Wildman–Crippen LogP) is 7.57. The van der Waals surface area contributed by atoms with Crippen LogP contribution in [0.4, 0.5) is 5.69 Å². The number of hydrogen-bond acceptors (Lipinski definition) is 3. The SMILES string of the molecule is C=C1C2N(C)C=CN2c2c(ccc3c2sc2ccc(CCCC)cc23)C1(CC)CC. The third-order valence-electron chi connectivity index (χ3n) is 7.52. The Bertz CT molecular complexity index is 1160. The lowest BCUT2D eigenvalue weighted by Gasteiger charge is -2.49. The molecule has 2 aliphatic rings. The van der Waals surface area contributed by atoms with Gasteiger partial charge in [0.2, 0.25) is 0 Å². The minimum absolute atomic E-state index is 0.0351. The minimum Gasteiger partial charge on any atom is -0.355 e. The molecule has 0 aliphatic carbocycles. The maximum absolute atomic E-state index is 4.64. The third kappa shape index (κ3) is 2.54. The quantitative estimate of drug-likeness (QED) is 0.396. The highest BCUT2D eigenvalue weighted by molar-refractivity contribution is 7.26. The summed E-state index contributed by atoms with van der Waals surface area (Å²) in [4.78, 5) is 4.79. The number of unbranched alkanes of at least 4 members (excludes halogenated alkanes) is 1. The van der Waals surface area contributed by atoms with Gasteiger partial charge in [-0.2, -0.15) is 0 Å². The van der Waals surface area contributed by atoms with Crippen LogP contribution in [-0.2, 0) is 11.8 Å². The molecule has 3 heteroatoms. The molecule has 2 aromatic carbocycles. The molecule has 2 aliphatic heterocycles. The highest BCUT2D eigenvalue weighted by Crippen LogP contribution is 2.55. The lowest BCUT2D eigenvalue weighted by Crippen LogP contribution is -2.49. The molecule has 0 fully saturated rings. The molecule has 30 heavy (non-hydrogen) atoms. The zero-order chi connectivity index (χ0) is 21.0. The zero-order valence-electron chi connectivity index (χ0n) is 18.7. The Morgan fingerprint density at radius 3 is 2.57 bits per heavy atom. The van der Waals surface area contributed by atoms with Crippen LogP contribution in [0.2, 0.25) is 0 Å². The van der Waals surface area contributed by atoms with Gasteiger partial charge < -0.3 is 9.80 Å². The average molecular weight is 417 g/mol. The fraction of sp³-hybridized carbons (Fsp3) is 0.407. The van der Waals surface area contributed by atoms with Gasteiger partial charge in [0, 0.05) is 40.3 Å². The van der Waals surface area contributed by atoms with Crippen molar-refractivity contribution in [2.24, 2.45) is 0 Å². The second-order valence-electron chi connectivity index (χ2n) is 8.93. The van der Waals surface area contributed by atoms with Crippen molar-refractivity contribution in [2.75, 3.05) is 11.9 Å². The summed E-state index contributed by atoms with van der Waals surface area (Å²) in [7, 11) is 2.18. The molecular weight excluding hydrogens is 384 g/mol. The topological polar surface area (TPSA) is 6.48 Å². The molecule has 3 aromatic rings. The Kier molecular flexibility index (Phi) is 4.70. The maximum Gasteiger partial charge on any atom is 0.128 e. The van der Waals surface area contributed by atoms with Gasteiger partial charge in [0.05, 0.1) is 10.4 Å². The molecule has 2 nitrogen and oxygen atoms in total. The van der Waals surface area contributed by atoms with Crippen LogP contribution in [0, 0.1) is 0 Å². The Hall–Kier alpha value is -2.26. The van der Waals surface area contributed by atoms with Gasteiger partial charge >= 0.3 is 0 Å². The molecule has 156 valence electrons. The number of fused-ring (bicyclic) bond motifs is 7. The van der Waals surface area contributed by atoms with Gasteiger partial charge in [0.1, 0.15) is 6.17 Å². The van der Waals surface area contributed by atoms with Crippen LogP contribution in [0.25, 0.3) is 20.2 Å². The van der Waals surface area contributed by atoms with Gasteiger partial charge in [-0.15, -0.1) is 11.3 Å². The normalized spacial score (nSPS) is 19.7. The molecule has 0 spiro atoms. The van der Waals surface area contributed by atoms with E-state index in [1.165, 1.54) is 61.8 Å². The summed E-state index contributed by atoms with van der Waals surface area (Å²) in [5, 5.41) is 2.82. The highest BCUT2D eigenvalue weighted by Gasteiger charge is 2.47. The largest absolute Gasteiger partial charge is 0.355 e. The second-order valence-corrected chi connectivity index (χ2v) is 9.99. The molecule has 0 bridgehead atoms. The summed E-state index contributed by atoms with van der Waals surface area (Å²) < 4.78 is 2.83. The Morgan fingerprint density at radius 1 is 1.03 bits per heavy atom. The van der Waals surface area contributed by atoms with E-state index in [0.717, 1.165) is 12.8 Å². The van der Waals surface area contributed by atoms with Gasteiger partial charge in [-0.1, -0.05) is 52.0 Å². The maximum atomic E-state index is 4.64. The molecule has 0 N–H and O–H groups in total. The van der Waals surface area contributed by atoms with E-state index in [1.807, 2.05) is 11.3 Å². The van der Waals surface area contributed by atoms with Crippen molar-refractivity contribution in [1.82, 2.24) is 4.90 Å².